The lowest BCUT2D eigenvalue weighted by atomic mass is 10.2. The second-order valence-electron chi connectivity index (χ2n) is 3.73. The first-order valence-electron chi connectivity index (χ1n) is 5.57. The second kappa shape index (κ2) is 5.01. The molecule has 0 fully saturated rings. The minimum absolute atomic E-state index is 0.447. The molecule has 3 aromatic rings. The van der Waals surface area contributed by atoms with Crippen molar-refractivity contribution in [3.05, 3.63) is 53.4 Å². The van der Waals surface area contributed by atoms with E-state index in [2.05, 4.69) is 15.5 Å². The Labute approximate surface area is 108 Å². The van der Waals surface area contributed by atoms with Crippen molar-refractivity contribution in [1.29, 1.82) is 0 Å². The van der Waals surface area contributed by atoms with Crippen LogP contribution in [0.3, 0.4) is 0 Å². The van der Waals surface area contributed by atoms with E-state index in [0.29, 0.717) is 18.5 Å². The molecule has 0 amide bonds. The fraction of sp³-hybridized carbons (Fsp3) is 0.0769. The Morgan fingerprint density at radius 2 is 1.94 bits per heavy atom. The SMILES string of the molecule is c1ccc(CNc2nnc(-c3cccs3)o2)cc1. The maximum absolute atomic E-state index is 5.53. The molecule has 0 bridgehead atoms. The number of aromatic nitrogens is 2. The van der Waals surface area contributed by atoms with Gasteiger partial charge in [0.1, 0.15) is 0 Å². The average molecular weight is 257 g/mol. The predicted octanol–water partition coefficient (Wildman–Crippen LogP) is 3.41. The molecular formula is C13H11N3OS. The molecule has 1 N–H and O–H groups in total. The summed E-state index contributed by atoms with van der Waals surface area (Å²) in [6, 6.07) is 14.4. The van der Waals surface area contributed by atoms with Crippen LogP contribution in [0, 0.1) is 0 Å². The van der Waals surface area contributed by atoms with Gasteiger partial charge in [0.25, 0.3) is 5.89 Å². The van der Waals surface area contributed by atoms with E-state index in [1.54, 1.807) is 11.3 Å². The van der Waals surface area contributed by atoms with E-state index in [1.165, 1.54) is 5.56 Å². The van der Waals surface area contributed by atoms with Crippen LogP contribution in [0.25, 0.3) is 10.8 Å². The smallest absolute Gasteiger partial charge is 0.316 e. The van der Waals surface area contributed by atoms with Gasteiger partial charge in [-0.3, -0.25) is 0 Å². The summed E-state index contributed by atoms with van der Waals surface area (Å²) in [6.07, 6.45) is 0. The Kier molecular flexibility index (Phi) is 3.06. The fourth-order valence-electron chi connectivity index (χ4n) is 1.57. The van der Waals surface area contributed by atoms with Crippen molar-refractivity contribution < 1.29 is 4.42 Å². The number of nitrogens with one attached hydrogen (secondary N) is 1. The van der Waals surface area contributed by atoms with Gasteiger partial charge in [-0.15, -0.1) is 16.4 Å². The number of rotatable bonds is 4. The van der Waals surface area contributed by atoms with E-state index in [4.69, 9.17) is 4.42 Å². The average Bonchev–Trinajstić information content (AvgIpc) is 3.08. The highest BCUT2D eigenvalue weighted by atomic mass is 32.1. The maximum atomic E-state index is 5.53. The monoisotopic (exact) mass is 257 g/mol. The third-order valence-electron chi connectivity index (χ3n) is 2.44. The van der Waals surface area contributed by atoms with Crippen LogP contribution >= 0.6 is 11.3 Å². The quantitative estimate of drug-likeness (QED) is 0.778. The largest absolute Gasteiger partial charge is 0.403 e. The number of nitrogens with zero attached hydrogens (tertiary/aromatic N) is 2. The number of thiophene rings is 1. The zero-order valence-corrected chi connectivity index (χ0v) is 10.4. The van der Waals surface area contributed by atoms with Crippen LogP contribution in [0.5, 0.6) is 0 Å². The summed E-state index contributed by atoms with van der Waals surface area (Å²) in [7, 11) is 0. The number of hydrogen-bond donors (Lipinski definition) is 1. The molecule has 0 aliphatic carbocycles. The first-order chi connectivity index (χ1) is 8.92. The molecule has 0 saturated carbocycles. The Hall–Kier alpha value is -2.14. The van der Waals surface area contributed by atoms with Crippen LogP contribution in [-0.2, 0) is 6.54 Å². The van der Waals surface area contributed by atoms with Gasteiger partial charge < -0.3 is 9.73 Å². The molecule has 2 aromatic heterocycles. The first kappa shape index (κ1) is 11.0. The van der Waals surface area contributed by atoms with Crippen molar-refractivity contribution in [3.8, 4) is 10.8 Å². The fourth-order valence-corrected chi connectivity index (χ4v) is 2.21. The van der Waals surface area contributed by atoms with Crippen LogP contribution in [0.15, 0.2) is 52.3 Å². The van der Waals surface area contributed by atoms with Crippen LogP contribution in [0.1, 0.15) is 5.56 Å². The van der Waals surface area contributed by atoms with E-state index in [-0.39, 0.29) is 0 Å². The minimum atomic E-state index is 0.447. The van der Waals surface area contributed by atoms with Crippen LogP contribution in [0.4, 0.5) is 6.01 Å². The van der Waals surface area contributed by atoms with Gasteiger partial charge in [0.05, 0.1) is 4.88 Å². The molecule has 1 aromatic carbocycles. The van der Waals surface area contributed by atoms with Crippen molar-refractivity contribution in [2.45, 2.75) is 6.54 Å². The molecule has 90 valence electrons. The van der Waals surface area contributed by atoms with E-state index in [9.17, 15) is 0 Å². The zero-order valence-electron chi connectivity index (χ0n) is 9.54. The molecule has 0 aliphatic rings. The van der Waals surface area contributed by atoms with E-state index >= 15 is 0 Å². The molecule has 0 saturated heterocycles. The van der Waals surface area contributed by atoms with Gasteiger partial charge in [0.15, 0.2) is 0 Å². The van der Waals surface area contributed by atoms with Gasteiger partial charge in [-0.2, -0.15) is 0 Å². The summed E-state index contributed by atoms with van der Waals surface area (Å²) in [6.45, 7) is 0.674. The van der Waals surface area contributed by atoms with Gasteiger partial charge >= 0.3 is 6.01 Å². The Morgan fingerprint density at radius 1 is 1.06 bits per heavy atom. The lowest BCUT2D eigenvalue weighted by Gasteiger charge is -2.00. The van der Waals surface area contributed by atoms with Gasteiger partial charge in [-0.1, -0.05) is 41.5 Å². The molecule has 0 spiro atoms. The molecule has 3 rings (SSSR count). The molecule has 0 radical (unpaired) electrons. The molecule has 18 heavy (non-hydrogen) atoms. The van der Waals surface area contributed by atoms with Gasteiger partial charge in [0.2, 0.25) is 0 Å². The van der Waals surface area contributed by atoms with E-state index < -0.39 is 0 Å². The minimum Gasteiger partial charge on any atom is -0.403 e. The Bertz CT molecular complexity index is 604. The van der Waals surface area contributed by atoms with Crippen molar-refractivity contribution in [1.82, 2.24) is 10.2 Å². The molecule has 2 heterocycles. The summed E-state index contributed by atoms with van der Waals surface area (Å²) >= 11 is 1.58. The summed E-state index contributed by atoms with van der Waals surface area (Å²) < 4.78 is 5.53. The third-order valence-corrected chi connectivity index (χ3v) is 3.30. The van der Waals surface area contributed by atoms with Gasteiger partial charge in [-0.05, 0) is 17.0 Å². The Balaban J connectivity index is 1.68. The highest BCUT2D eigenvalue weighted by Gasteiger charge is 2.08. The van der Waals surface area contributed by atoms with E-state index in [1.807, 2.05) is 47.8 Å². The van der Waals surface area contributed by atoms with Crippen LogP contribution < -0.4 is 5.32 Å². The van der Waals surface area contributed by atoms with Crippen LogP contribution in [-0.4, -0.2) is 10.2 Å². The van der Waals surface area contributed by atoms with Gasteiger partial charge in [0, 0.05) is 6.54 Å². The maximum Gasteiger partial charge on any atom is 0.316 e. The topological polar surface area (TPSA) is 51.0 Å². The van der Waals surface area contributed by atoms with E-state index in [0.717, 1.165) is 4.88 Å². The Morgan fingerprint density at radius 3 is 2.72 bits per heavy atom. The number of benzene rings is 1. The number of anilines is 1. The molecule has 0 atom stereocenters. The third kappa shape index (κ3) is 2.41. The summed E-state index contributed by atoms with van der Waals surface area (Å²) in [5, 5.41) is 13.1. The highest BCUT2D eigenvalue weighted by molar-refractivity contribution is 7.13. The first-order valence-corrected chi connectivity index (χ1v) is 6.45. The van der Waals surface area contributed by atoms with Gasteiger partial charge in [-0.25, -0.2) is 0 Å². The number of hydrogen-bond acceptors (Lipinski definition) is 5. The molecule has 4 nitrogen and oxygen atoms in total. The molecule has 5 heteroatoms. The zero-order chi connectivity index (χ0) is 12.2. The second-order valence-corrected chi connectivity index (χ2v) is 4.68. The van der Waals surface area contributed by atoms with Crippen molar-refractivity contribution >= 4 is 17.4 Å². The molecule has 0 unspecified atom stereocenters. The highest BCUT2D eigenvalue weighted by Crippen LogP contribution is 2.24. The summed E-state index contributed by atoms with van der Waals surface area (Å²) in [5.74, 6) is 0.556. The van der Waals surface area contributed by atoms with Crippen molar-refractivity contribution in [2.75, 3.05) is 5.32 Å². The lowest BCUT2D eigenvalue weighted by molar-refractivity contribution is 0.582. The lowest BCUT2D eigenvalue weighted by Crippen LogP contribution is -1.98. The summed E-state index contributed by atoms with van der Waals surface area (Å²) in [5.41, 5.74) is 1.17. The normalized spacial score (nSPS) is 10.4. The molecule has 0 aliphatic heterocycles. The summed E-state index contributed by atoms with van der Waals surface area (Å²) in [4.78, 5) is 0.982. The standard InChI is InChI=1S/C13H11N3OS/c1-2-5-10(6-3-1)9-14-13-16-15-12(17-13)11-7-4-8-18-11/h1-8H,9H2,(H,14,16). The molecular weight excluding hydrogens is 246 g/mol. The van der Waals surface area contributed by atoms with Crippen molar-refractivity contribution in [3.63, 3.8) is 0 Å². The van der Waals surface area contributed by atoms with Crippen LogP contribution in [0.2, 0.25) is 0 Å². The van der Waals surface area contributed by atoms with Crippen molar-refractivity contribution in [2.24, 2.45) is 0 Å². The predicted molar refractivity (Wildman–Crippen MR) is 71.4 cm³/mol.